The summed E-state index contributed by atoms with van der Waals surface area (Å²) < 4.78 is 31.4. The van der Waals surface area contributed by atoms with Crippen molar-refractivity contribution in [3.8, 4) is 0 Å². The Hall–Kier alpha value is -2.77. The average molecular weight is 430 g/mol. The first-order chi connectivity index (χ1) is 14.0. The molecule has 7 heteroatoms. The number of hydrogen-bond acceptors (Lipinski definition) is 5. The third-order valence-electron chi connectivity index (χ3n) is 4.72. The van der Waals surface area contributed by atoms with Gasteiger partial charge in [0.25, 0.3) is 0 Å². The maximum atomic E-state index is 12.6. The minimum atomic E-state index is -3.83. The first-order valence-electron chi connectivity index (χ1n) is 9.54. The second-order valence-corrected chi connectivity index (χ2v) is 8.98. The Kier molecular flexibility index (Phi) is 7.70. The molecule has 0 radical (unpaired) electrons. The van der Waals surface area contributed by atoms with Crippen LogP contribution in [0.4, 0.5) is 0 Å². The van der Waals surface area contributed by atoms with Gasteiger partial charge in [0.15, 0.2) is 6.10 Å². The molecule has 160 valence electrons. The highest BCUT2D eigenvalue weighted by Gasteiger charge is 2.22. The summed E-state index contributed by atoms with van der Waals surface area (Å²) in [5.41, 5.74) is 5.11. The Balaban J connectivity index is 1.94. The maximum Gasteiger partial charge on any atom is 0.321 e. The molecule has 0 saturated heterocycles. The van der Waals surface area contributed by atoms with E-state index < -0.39 is 28.6 Å². The molecule has 30 heavy (non-hydrogen) atoms. The Bertz CT molecular complexity index is 1070. The van der Waals surface area contributed by atoms with E-state index in [4.69, 9.17) is 4.74 Å². The highest BCUT2D eigenvalue weighted by molar-refractivity contribution is 7.92. The quantitative estimate of drug-likeness (QED) is 0.511. The van der Waals surface area contributed by atoms with Crippen LogP contribution in [-0.2, 0) is 19.6 Å². The van der Waals surface area contributed by atoms with Crippen LogP contribution in [0.3, 0.4) is 0 Å². The molecule has 2 aromatic rings. The number of benzene rings is 2. The van der Waals surface area contributed by atoms with E-state index in [2.05, 4.69) is 4.72 Å². The lowest BCUT2D eigenvalue weighted by molar-refractivity contribution is -0.144. The summed E-state index contributed by atoms with van der Waals surface area (Å²) in [7, 11) is -3.83. The molecule has 0 fully saturated rings. The van der Waals surface area contributed by atoms with Gasteiger partial charge in [0.2, 0.25) is 15.8 Å². The van der Waals surface area contributed by atoms with Crippen molar-refractivity contribution in [3.63, 3.8) is 0 Å². The molecule has 0 amide bonds. The van der Waals surface area contributed by atoms with Crippen molar-refractivity contribution in [2.75, 3.05) is 6.54 Å². The number of Topliss-reactive ketones (excluding diaryl/α,β-unsaturated/α-hetero) is 1. The number of ketones is 1. The largest absolute Gasteiger partial charge is 0.453 e. The van der Waals surface area contributed by atoms with Gasteiger partial charge in [0, 0.05) is 11.0 Å². The molecule has 0 spiro atoms. The predicted octanol–water partition coefficient (Wildman–Crippen LogP) is 3.62. The number of sulfonamides is 1. The molecular formula is C23H27NO5S. The smallest absolute Gasteiger partial charge is 0.321 e. The standard InChI is InChI=1S/C23H27NO5S/c1-15-6-8-20(9-7-15)10-11-30(27,28)24-14-22(25)29-19(5)23(26)21-13-17(3)16(2)12-18(21)4/h6-13,19,24H,14H2,1-5H3/b11-10+. The topological polar surface area (TPSA) is 89.5 Å². The van der Waals surface area contributed by atoms with Gasteiger partial charge in [-0.3, -0.25) is 9.59 Å². The van der Waals surface area contributed by atoms with Crippen LogP contribution in [0.25, 0.3) is 6.08 Å². The minimum Gasteiger partial charge on any atom is -0.453 e. The molecule has 1 atom stereocenters. The van der Waals surface area contributed by atoms with Crippen LogP contribution in [0.1, 0.15) is 45.1 Å². The summed E-state index contributed by atoms with van der Waals surface area (Å²) in [6, 6.07) is 11.0. The van der Waals surface area contributed by atoms with E-state index in [1.54, 1.807) is 18.2 Å². The Morgan fingerprint density at radius 2 is 1.60 bits per heavy atom. The molecule has 2 rings (SSSR count). The lowest BCUT2D eigenvalue weighted by Crippen LogP contribution is -2.33. The van der Waals surface area contributed by atoms with Crippen LogP contribution >= 0.6 is 0 Å². The molecule has 0 aliphatic rings. The van der Waals surface area contributed by atoms with Crippen molar-refractivity contribution in [2.45, 2.75) is 40.7 Å². The molecule has 1 N–H and O–H groups in total. The van der Waals surface area contributed by atoms with Gasteiger partial charge in [-0.2, -0.15) is 0 Å². The monoisotopic (exact) mass is 429 g/mol. The van der Waals surface area contributed by atoms with Crippen LogP contribution in [0.5, 0.6) is 0 Å². The summed E-state index contributed by atoms with van der Waals surface area (Å²) >= 11 is 0. The maximum absolute atomic E-state index is 12.6. The van der Waals surface area contributed by atoms with Crippen molar-refractivity contribution >= 4 is 27.9 Å². The predicted molar refractivity (Wildman–Crippen MR) is 118 cm³/mol. The zero-order valence-electron chi connectivity index (χ0n) is 17.9. The van der Waals surface area contributed by atoms with E-state index in [0.717, 1.165) is 33.2 Å². The lowest BCUT2D eigenvalue weighted by Gasteiger charge is -2.15. The highest BCUT2D eigenvalue weighted by Crippen LogP contribution is 2.18. The van der Waals surface area contributed by atoms with Gasteiger partial charge in [-0.05, 0) is 69.0 Å². The van der Waals surface area contributed by atoms with Crippen molar-refractivity contribution in [1.82, 2.24) is 4.72 Å². The van der Waals surface area contributed by atoms with Crippen LogP contribution in [0.2, 0.25) is 0 Å². The van der Waals surface area contributed by atoms with Crippen molar-refractivity contribution in [1.29, 1.82) is 0 Å². The van der Waals surface area contributed by atoms with Crippen molar-refractivity contribution < 1.29 is 22.7 Å². The van der Waals surface area contributed by atoms with E-state index in [0.29, 0.717) is 5.56 Å². The summed E-state index contributed by atoms with van der Waals surface area (Å²) in [4.78, 5) is 24.7. The number of nitrogens with one attached hydrogen (secondary N) is 1. The van der Waals surface area contributed by atoms with Gasteiger partial charge in [0.05, 0.1) is 0 Å². The fraction of sp³-hybridized carbons (Fsp3) is 0.304. The average Bonchev–Trinajstić information content (AvgIpc) is 2.68. The second-order valence-electron chi connectivity index (χ2n) is 7.33. The second kappa shape index (κ2) is 9.82. The lowest BCUT2D eigenvalue weighted by atomic mass is 9.96. The number of aryl methyl sites for hydroxylation is 4. The van der Waals surface area contributed by atoms with E-state index in [9.17, 15) is 18.0 Å². The van der Waals surface area contributed by atoms with E-state index in [1.807, 2.05) is 45.9 Å². The third-order valence-corrected chi connectivity index (χ3v) is 5.76. The Labute approximate surface area is 178 Å². The molecule has 6 nitrogen and oxygen atoms in total. The summed E-state index contributed by atoms with van der Waals surface area (Å²) in [5, 5.41) is 0.984. The number of ether oxygens (including phenoxy) is 1. The van der Waals surface area contributed by atoms with Crippen LogP contribution in [0, 0.1) is 27.7 Å². The zero-order valence-corrected chi connectivity index (χ0v) is 18.7. The Morgan fingerprint density at radius 1 is 1.00 bits per heavy atom. The molecule has 0 aromatic heterocycles. The van der Waals surface area contributed by atoms with E-state index >= 15 is 0 Å². The number of hydrogen-bond donors (Lipinski definition) is 1. The fourth-order valence-electron chi connectivity index (χ4n) is 2.79. The zero-order chi connectivity index (χ0) is 22.5. The van der Waals surface area contributed by atoms with Crippen LogP contribution in [0.15, 0.2) is 41.8 Å². The van der Waals surface area contributed by atoms with Crippen LogP contribution < -0.4 is 4.72 Å². The van der Waals surface area contributed by atoms with E-state index in [1.165, 1.54) is 13.0 Å². The van der Waals surface area contributed by atoms with Crippen LogP contribution in [-0.4, -0.2) is 32.8 Å². The van der Waals surface area contributed by atoms with Crippen molar-refractivity contribution in [2.24, 2.45) is 0 Å². The normalized spacial score (nSPS) is 12.7. The minimum absolute atomic E-state index is 0.328. The van der Waals surface area contributed by atoms with E-state index in [-0.39, 0.29) is 5.78 Å². The van der Waals surface area contributed by atoms with Gasteiger partial charge in [-0.15, -0.1) is 0 Å². The molecule has 2 aromatic carbocycles. The van der Waals surface area contributed by atoms with Gasteiger partial charge < -0.3 is 4.74 Å². The fourth-order valence-corrected chi connectivity index (χ4v) is 3.54. The number of carbonyl (C=O) groups excluding carboxylic acids is 2. The van der Waals surface area contributed by atoms with Gasteiger partial charge in [-0.1, -0.05) is 35.9 Å². The first kappa shape index (κ1) is 23.5. The molecule has 0 heterocycles. The van der Waals surface area contributed by atoms with Gasteiger partial charge in [-0.25, -0.2) is 13.1 Å². The molecule has 0 aliphatic heterocycles. The van der Waals surface area contributed by atoms with Gasteiger partial charge >= 0.3 is 5.97 Å². The highest BCUT2D eigenvalue weighted by atomic mass is 32.2. The number of esters is 1. The molecular weight excluding hydrogens is 402 g/mol. The van der Waals surface area contributed by atoms with Gasteiger partial charge in [0.1, 0.15) is 6.54 Å². The molecule has 0 saturated carbocycles. The summed E-state index contributed by atoms with van der Waals surface area (Å²) in [5.74, 6) is -1.16. The molecule has 0 bridgehead atoms. The van der Waals surface area contributed by atoms with Crippen molar-refractivity contribution in [3.05, 3.63) is 75.2 Å². The third kappa shape index (κ3) is 6.64. The number of carbonyl (C=O) groups is 2. The Morgan fingerprint density at radius 3 is 2.23 bits per heavy atom. The molecule has 0 aliphatic carbocycles. The SMILES string of the molecule is Cc1ccc(/C=C/S(=O)(=O)NCC(=O)OC(C)C(=O)c2cc(C)c(C)cc2C)cc1. The number of rotatable bonds is 8. The summed E-state index contributed by atoms with van der Waals surface area (Å²) in [6.07, 6.45) is 0.410. The first-order valence-corrected chi connectivity index (χ1v) is 11.1. The summed E-state index contributed by atoms with van der Waals surface area (Å²) in [6.45, 7) is 8.53. The molecule has 1 unspecified atom stereocenters.